The van der Waals surface area contributed by atoms with E-state index in [0.717, 1.165) is 34.0 Å². The number of benzene rings is 3. The van der Waals surface area contributed by atoms with Gasteiger partial charge in [0, 0.05) is 34.8 Å². The number of carbonyl (C=O) groups excluding carboxylic acids is 1. The predicted molar refractivity (Wildman–Crippen MR) is 171 cm³/mol. The second-order valence-corrected chi connectivity index (χ2v) is 13.7. The molecule has 0 atom stereocenters. The Morgan fingerprint density at radius 3 is 2.18 bits per heavy atom. The standard InChI is InChI=1S/C35H34N4O4S/c1-23-18-24(2)37-34(36-23)38-44(41,42)29-16-12-27(13-17-29)39-31(19-30-32(39)20-35(3,4)21-33(30)40)26-10-14-28(15-11-26)43-22-25-8-6-5-7-9-25/h5-19H,20-22H2,1-4H3,(H,36,37,38). The van der Waals surface area contributed by atoms with Gasteiger partial charge in [-0.2, -0.15) is 0 Å². The number of ether oxygens (including phenoxy) is 1. The van der Waals surface area contributed by atoms with Crippen LogP contribution in [-0.4, -0.2) is 28.7 Å². The third kappa shape index (κ3) is 6.14. The molecule has 1 aliphatic carbocycles. The maximum Gasteiger partial charge on any atom is 0.264 e. The zero-order valence-corrected chi connectivity index (χ0v) is 26.0. The Bertz CT molecular complexity index is 1930. The van der Waals surface area contributed by atoms with Crippen molar-refractivity contribution in [2.45, 2.75) is 52.0 Å². The molecule has 2 heterocycles. The summed E-state index contributed by atoms with van der Waals surface area (Å²) in [6, 6.07) is 28.2. The van der Waals surface area contributed by atoms with Crippen LogP contribution in [-0.2, 0) is 23.1 Å². The van der Waals surface area contributed by atoms with Crippen molar-refractivity contribution in [3.05, 3.63) is 119 Å². The SMILES string of the molecule is Cc1cc(C)nc(NS(=O)(=O)c2ccc(-n3c(-c4ccc(OCc5ccccc5)cc4)cc4c3CC(C)(C)CC4=O)cc2)n1. The fraction of sp³-hybridized carbons (Fsp3) is 0.229. The predicted octanol–water partition coefficient (Wildman–Crippen LogP) is 7.09. The van der Waals surface area contributed by atoms with E-state index in [0.29, 0.717) is 36.4 Å². The number of nitrogens with one attached hydrogen (secondary N) is 1. The number of nitrogens with zero attached hydrogens (tertiary/aromatic N) is 3. The van der Waals surface area contributed by atoms with Gasteiger partial charge in [-0.05, 0) is 97.5 Å². The van der Waals surface area contributed by atoms with Gasteiger partial charge in [0.1, 0.15) is 12.4 Å². The highest BCUT2D eigenvalue weighted by atomic mass is 32.2. The van der Waals surface area contributed by atoms with Gasteiger partial charge in [-0.25, -0.2) is 23.1 Å². The van der Waals surface area contributed by atoms with Crippen LogP contribution in [0.25, 0.3) is 16.9 Å². The third-order valence-corrected chi connectivity index (χ3v) is 9.04. The maximum absolute atomic E-state index is 13.3. The summed E-state index contributed by atoms with van der Waals surface area (Å²) < 4.78 is 36.9. The zero-order chi connectivity index (χ0) is 31.1. The summed E-state index contributed by atoms with van der Waals surface area (Å²) in [6.07, 6.45) is 1.18. The molecule has 0 saturated heterocycles. The normalized spacial score (nSPS) is 14.2. The lowest BCUT2D eigenvalue weighted by atomic mass is 9.76. The minimum atomic E-state index is -3.92. The number of Topliss-reactive ketones (excluding diaryl/α,β-unsaturated/α-hetero) is 1. The number of hydrogen-bond acceptors (Lipinski definition) is 6. The molecule has 44 heavy (non-hydrogen) atoms. The topological polar surface area (TPSA) is 103 Å². The highest BCUT2D eigenvalue weighted by Gasteiger charge is 2.35. The van der Waals surface area contributed by atoms with Crippen molar-refractivity contribution < 1.29 is 17.9 Å². The lowest BCUT2D eigenvalue weighted by molar-refractivity contribution is 0.0911. The van der Waals surface area contributed by atoms with Crippen molar-refractivity contribution in [3.8, 4) is 22.7 Å². The monoisotopic (exact) mass is 606 g/mol. The molecule has 0 unspecified atom stereocenters. The second-order valence-electron chi connectivity index (χ2n) is 12.0. The Hall–Kier alpha value is -4.76. The third-order valence-electron chi connectivity index (χ3n) is 7.70. The van der Waals surface area contributed by atoms with Crippen molar-refractivity contribution in [1.82, 2.24) is 14.5 Å². The summed E-state index contributed by atoms with van der Waals surface area (Å²) in [5.41, 5.74) is 6.38. The van der Waals surface area contributed by atoms with Gasteiger partial charge in [0.05, 0.1) is 10.6 Å². The van der Waals surface area contributed by atoms with Crippen LogP contribution in [0.5, 0.6) is 5.75 Å². The molecule has 3 aromatic carbocycles. The van der Waals surface area contributed by atoms with E-state index in [1.54, 1.807) is 44.2 Å². The summed E-state index contributed by atoms with van der Waals surface area (Å²) in [6.45, 7) is 8.23. The molecular weight excluding hydrogens is 572 g/mol. The number of fused-ring (bicyclic) bond motifs is 1. The maximum atomic E-state index is 13.3. The molecule has 0 bridgehead atoms. The molecule has 1 N–H and O–H groups in total. The lowest BCUT2D eigenvalue weighted by Gasteiger charge is -2.30. The largest absolute Gasteiger partial charge is 0.489 e. The van der Waals surface area contributed by atoms with E-state index < -0.39 is 10.0 Å². The van der Waals surface area contributed by atoms with Gasteiger partial charge in [0.25, 0.3) is 10.0 Å². The van der Waals surface area contributed by atoms with Crippen LogP contribution in [0.2, 0.25) is 0 Å². The van der Waals surface area contributed by atoms with Crippen molar-refractivity contribution in [2.75, 3.05) is 4.72 Å². The highest BCUT2D eigenvalue weighted by Crippen LogP contribution is 2.40. The molecule has 0 saturated carbocycles. The summed E-state index contributed by atoms with van der Waals surface area (Å²) in [5.74, 6) is 0.883. The molecule has 2 aromatic heterocycles. The first kappa shape index (κ1) is 29.3. The number of carbonyl (C=O) groups is 1. The minimum Gasteiger partial charge on any atom is -0.489 e. The van der Waals surface area contributed by atoms with Crippen LogP contribution in [0.1, 0.15) is 53.3 Å². The van der Waals surface area contributed by atoms with Crippen LogP contribution >= 0.6 is 0 Å². The van der Waals surface area contributed by atoms with Gasteiger partial charge < -0.3 is 9.30 Å². The second kappa shape index (κ2) is 11.4. The molecule has 5 aromatic rings. The van der Waals surface area contributed by atoms with E-state index >= 15 is 0 Å². The molecule has 6 rings (SSSR count). The molecule has 0 aliphatic heterocycles. The van der Waals surface area contributed by atoms with E-state index in [1.807, 2.05) is 60.7 Å². The number of ketones is 1. The molecule has 0 amide bonds. The van der Waals surface area contributed by atoms with E-state index in [9.17, 15) is 13.2 Å². The number of rotatable bonds is 8. The fourth-order valence-electron chi connectivity index (χ4n) is 5.71. The molecule has 9 heteroatoms. The number of sulfonamides is 1. The van der Waals surface area contributed by atoms with E-state index in [-0.39, 0.29) is 22.0 Å². The van der Waals surface area contributed by atoms with Crippen LogP contribution < -0.4 is 9.46 Å². The lowest BCUT2D eigenvalue weighted by Crippen LogP contribution is -2.27. The van der Waals surface area contributed by atoms with Crippen LogP contribution in [0.15, 0.2) is 95.9 Å². The van der Waals surface area contributed by atoms with Crippen molar-refractivity contribution in [3.63, 3.8) is 0 Å². The Morgan fingerprint density at radius 1 is 0.864 bits per heavy atom. The first-order valence-corrected chi connectivity index (χ1v) is 16.0. The van der Waals surface area contributed by atoms with Crippen molar-refractivity contribution in [1.29, 1.82) is 0 Å². The molecule has 0 fully saturated rings. The Kier molecular flexibility index (Phi) is 7.59. The fourth-order valence-corrected chi connectivity index (χ4v) is 6.65. The summed E-state index contributed by atoms with van der Waals surface area (Å²) in [5, 5.41) is 0. The van der Waals surface area contributed by atoms with E-state index in [4.69, 9.17) is 4.74 Å². The number of hydrogen-bond donors (Lipinski definition) is 1. The molecule has 224 valence electrons. The number of aromatic nitrogens is 3. The van der Waals surface area contributed by atoms with Gasteiger partial charge >= 0.3 is 0 Å². The summed E-state index contributed by atoms with van der Waals surface area (Å²) in [4.78, 5) is 21.8. The van der Waals surface area contributed by atoms with Gasteiger partial charge in [0.2, 0.25) is 5.95 Å². The summed E-state index contributed by atoms with van der Waals surface area (Å²) in [7, 11) is -3.92. The Balaban J connectivity index is 1.34. The van der Waals surface area contributed by atoms with E-state index in [2.05, 4.69) is 33.1 Å². The van der Waals surface area contributed by atoms with Crippen LogP contribution in [0, 0.1) is 19.3 Å². The van der Waals surface area contributed by atoms with Crippen LogP contribution in [0.3, 0.4) is 0 Å². The average Bonchev–Trinajstić information content (AvgIpc) is 3.35. The Morgan fingerprint density at radius 2 is 1.52 bits per heavy atom. The van der Waals surface area contributed by atoms with E-state index in [1.165, 1.54) is 0 Å². The number of anilines is 1. The van der Waals surface area contributed by atoms with Crippen molar-refractivity contribution in [2.24, 2.45) is 5.41 Å². The quantitative estimate of drug-likeness (QED) is 0.202. The summed E-state index contributed by atoms with van der Waals surface area (Å²) >= 11 is 0. The van der Waals surface area contributed by atoms with Gasteiger partial charge in [0.15, 0.2) is 5.78 Å². The first-order chi connectivity index (χ1) is 21.0. The zero-order valence-electron chi connectivity index (χ0n) is 25.2. The van der Waals surface area contributed by atoms with Gasteiger partial charge in [-0.3, -0.25) is 4.79 Å². The number of aryl methyl sites for hydroxylation is 2. The highest BCUT2D eigenvalue weighted by molar-refractivity contribution is 7.92. The van der Waals surface area contributed by atoms with Crippen molar-refractivity contribution >= 4 is 21.8 Å². The van der Waals surface area contributed by atoms with Gasteiger partial charge in [-0.15, -0.1) is 0 Å². The Labute approximate surface area is 257 Å². The minimum absolute atomic E-state index is 0.0327. The molecular formula is C35H34N4O4S. The molecule has 0 spiro atoms. The average molecular weight is 607 g/mol. The molecule has 0 radical (unpaired) electrons. The molecule has 1 aliphatic rings. The first-order valence-electron chi connectivity index (χ1n) is 14.5. The van der Waals surface area contributed by atoms with Crippen LogP contribution in [0.4, 0.5) is 5.95 Å². The molecule has 8 nitrogen and oxygen atoms in total. The smallest absolute Gasteiger partial charge is 0.264 e. The van der Waals surface area contributed by atoms with Gasteiger partial charge in [-0.1, -0.05) is 44.2 Å².